The van der Waals surface area contributed by atoms with Gasteiger partial charge in [0, 0.05) is 15.5 Å². The Kier molecular flexibility index (Phi) is 22.6. The van der Waals surface area contributed by atoms with Crippen molar-refractivity contribution in [3.8, 4) is 0 Å². The molecule has 0 aliphatic carbocycles. The quantitative estimate of drug-likeness (QED) is 0.156. The standard InChI is InChI=1S/C20H42BrO2P/c1-2-3-4-5-6-7-8-9-10-11-12-13-14-15-16-17-18-19-20-23-24(21)22/h22H,2-20H2,1H3. The molecule has 0 fully saturated rings. The minimum Gasteiger partial charge on any atom is -0.342 e. The van der Waals surface area contributed by atoms with Crippen LogP contribution >= 0.6 is 22.6 Å². The molecule has 0 bridgehead atoms. The summed E-state index contributed by atoms with van der Waals surface area (Å²) in [6.45, 7) is 2.97. The van der Waals surface area contributed by atoms with E-state index in [-0.39, 0.29) is 0 Å². The molecule has 0 rings (SSSR count). The van der Waals surface area contributed by atoms with Gasteiger partial charge in [0.2, 0.25) is 7.08 Å². The molecular formula is C20H42BrO2P. The van der Waals surface area contributed by atoms with Gasteiger partial charge in [-0.05, 0) is 6.42 Å². The fourth-order valence-corrected chi connectivity index (χ4v) is 3.86. The first-order valence-corrected chi connectivity index (χ1v) is 13.8. The van der Waals surface area contributed by atoms with E-state index in [1.165, 1.54) is 109 Å². The highest BCUT2D eigenvalue weighted by Crippen LogP contribution is 2.39. The van der Waals surface area contributed by atoms with Crippen molar-refractivity contribution in [2.45, 2.75) is 122 Å². The average molecular weight is 425 g/mol. The third kappa shape index (κ3) is 22.8. The summed E-state index contributed by atoms with van der Waals surface area (Å²) >= 11 is 3.03. The normalized spacial score (nSPS) is 12.6. The van der Waals surface area contributed by atoms with E-state index in [1.807, 2.05) is 0 Å². The molecule has 0 heterocycles. The second-order valence-corrected chi connectivity index (χ2v) is 9.60. The van der Waals surface area contributed by atoms with E-state index in [0.29, 0.717) is 6.61 Å². The Morgan fingerprint density at radius 1 is 0.583 bits per heavy atom. The van der Waals surface area contributed by atoms with Crippen molar-refractivity contribution < 1.29 is 9.42 Å². The molecule has 1 N–H and O–H groups in total. The van der Waals surface area contributed by atoms with Crippen molar-refractivity contribution in [2.24, 2.45) is 0 Å². The third-order valence-corrected chi connectivity index (χ3v) is 5.71. The molecule has 24 heavy (non-hydrogen) atoms. The zero-order valence-electron chi connectivity index (χ0n) is 16.1. The molecule has 1 atom stereocenters. The maximum atomic E-state index is 8.96. The number of hydrogen-bond acceptors (Lipinski definition) is 2. The molecule has 0 saturated carbocycles. The van der Waals surface area contributed by atoms with Crippen LogP contribution in [0.5, 0.6) is 0 Å². The predicted molar refractivity (Wildman–Crippen MR) is 113 cm³/mol. The van der Waals surface area contributed by atoms with Crippen LogP contribution in [-0.2, 0) is 4.52 Å². The number of hydrogen-bond donors (Lipinski definition) is 1. The maximum Gasteiger partial charge on any atom is 0.244 e. The lowest BCUT2D eigenvalue weighted by Crippen LogP contribution is -1.88. The van der Waals surface area contributed by atoms with Crippen LogP contribution < -0.4 is 0 Å². The van der Waals surface area contributed by atoms with Crippen molar-refractivity contribution in [3.63, 3.8) is 0 Å². The lowest BCUT2D eigenvalue weighted by molar-refractivity contribution is 0.310. The van der Waals surface area contributed by atoms with Crippen LogP contribution in [0.25, 0.3) is 0 Å². The van der Waals surface area contributed by atoms with Gasteiger partial charge in [-0.1, -0.05) is 116 Å². The van der Waals surface area contributed by atoms with Crippen molar-refractivity contribution in [1.29, 1.82) is 0 Å². The van der Waals surface area contributed by atoms with E-state index in [2.05, 4.69) is 22.4 Å². The van der Waals surface area contributed by atoms with Gasteiger partial charge >= 0.3 is 0 Å². The van der Waals surface area contributed by atoms with Gasteiger partial charge in [-0.15, -0.1) is 0 Å². The summed E-state index contributed by atoms with van der Waals surface area (Å²) in [5, 5.41) is 0. The molecule has 0 saturated heterocycles. The molecule has 0 amide bonds. The summed E-state index contributed by atoms with van der Waals surface area (Å²) in [6.07, 6.45) is 25.1. The summed E-state index contributed by atoms with van der Waals surface area (Å²) in [5.41, 5.74) is 0. The highest BCUT2D eigenvalue weighted by molar-refractivity contribution is 9.38. The van der Waals surface area contributed by atoms with E-state index >= 15 is 0 Å². The third-order valence-electron chi connectivity index (χ3n) is 4.70. The van der Waals surface area contributed by atoms with Crippen molar-refractivity contribution in [1.82, 2.24) is 0 Å². The van der Waals surface area contributed by atoms with Gasteiger partial charge in [-0.3, -0.25) is 0 Å². The Bertz CT molecular complexity index is 228. The largest absolute Gasteiger partial charge is 0.342 e. The minimum atomic E-state index is -1.33. The summed E-state index contributed by atoms with van der Waals surface area (Å²) in [6, 6.07) is 0. The summed E-state index contributed by atoms with van der Waals surface area (Å²) < 4.78 is 5.11. The summed E-state index contributed by atoms with van der Waals surface area (Å²) in [5.74, 6) is 0. The Labute approximate surface area is 161 Å². The van der Waals surface area contributed by atoms with E-state index in [0.717, 1.165) is 6.42 Å². The monoisotopic (exact) mass is 424 g/mol. The highest BCUT2D eigenvalue weighted by atomic mass is 79.9. The summed E-state index contributed by atoms with van der Waals surface area (Å²) in [7, 11) is -1.33. The van der Waals surface area contributed by atoms with Gasteiger partial charge < -0.3 is 9.42 Å². The van der Waals surface area contributed by atoms with E-state index in [4.69, 9.17) is 9.42 Å². The fraction of sp³-hybridized carbons (Fsp3) is 1.00. The molecule has 1 unspecified atom stereocenters. The molecule has 0 aromatic carbocycles. The summed E-state index contributed by atoms with van der Waals surface area (Å²) in [4.78, 5) is 8.96. The van der Waals surface area contributed by atoms with Gasteiger partial charge in [0.1, 0.15) is 0 Å². The average Bonchev–Trinajstić information content (AvgIpc) is 2.56. The number of unbranched alkanes of at least 4 members (excludes halogenated alkanes) is 17. The second kappa shape index (κ2) is 21.9. The smallest absolute Gasteiger partial charge is 0.244 e. The number of halogens is 1. The Hall–Kier alpha value is 0.830. The van der Waals surface area contributed by atoms with Crippen LogP contribution in [0.4, 0.5) is 0 Å². The van der Waals surface area contributed by atoms with Crippen molar-refractivity contribution >= 4 is 22.6 Å². The van der Waals surface area contributed by atoms with Gasteiger partial charge in [0.05, 0.1) is 6.61 Å². The second-order valence-electron chi connectivity index (χ2n) is 7.07. The first-order chi connectivity index (χ1) is 11.8. The maximum absolute atomic E-state index is 8.96. The highest BCUT2D eigenvalue weighted by Gasteiger charge is 1.98. The molecule has 0 aliphatic rings. The first-order valence-electron chi connectivity index (χ1n) is 10.5. The van der Waals surface area contributed by atoms with E-state index < -0.39 is 7.08 Å². The lowest BCUT2D eigenvalue weighted by Gasteiger charge is -2.04. The van der Waals surface area contributed by atoms with Crippen LogP contribution in [0.3, 0.4) is 0 Å². The molecule has 4 heteroatoms. The molecule has 0 radical (unpaired) electrons. The molecule has 0 aromatic rings. The first kappa shape index (κ1) is 24.8. The molecule has 0 spiro atoms. The zero-order valence-corrected chi connectivity index (χ0v) is 18.6. The predicted octanol–water partition coefficient (Wildman–Crippen LogP) is 8.66. The van der Waals surface area contributed by atoms with Gasteiger partial charge in [0.25, 0.3) is 0 Å². The molecule has 146 valence electrons. The molecule has 2 nitrogen and oxygen atoms in total. The lowest BCUT2D eigenvalue weighted by atomic mass is 10.0. The van der Waals surface area contributed by atoms with Crippen molar-refractivity contribution in [2.75, 3.05) is 6.61 Å². The zero-order chi connectivity index (χ0) is 17.7. The molecular weight excluding hydrogens is 383 g/mol. The Morgan fingerprint density at radius 3 is 1.17 bits per heavy atom. The molecule has 0 aromatic heterocycles. The van der Waals surface area contributed by atoms with Gasteiger partial charge in [-0.25, -0.2) is 0 Å². The fourth-order valence-electron chi connectivity index (χ4n) is 3.14. The van der Waals surface area contributed by atoms with E-state index in [9.17, 15) is 0 Å². The van der Waals surface area contributed by atoms with Crippen LogP contribution in [0, 0.1) is 0 Å². The van der Waals surface area contributed by atoms with Crippen molar-refractivity contribution in [3.05, 3.63) is 0 Å². The Balaban J connectivity index is 2.95. The van der Waals surface area contributed by atoms with E-state index in [1.54, 1.807) is 0 Å². The van der Waals surface area contributed by atoms with Crippen LogP contribution in [-0.4, -0.2) is 11.5 Å². The number of rotatable bonds is 20. The van der Waals surface area contributed by atoms with Gasteiger partial charge in [-0.2, -0.15) is 0 Å². The van der Waals surface area contributed by atoms with Crippen LogP contribution in [0.15, 0.2) is 0 Å². The van der Waals surface area contributed by atoms with Gasteiger partial charge in [0.15, 0.2) is 0 Å². The molecule has 0 aliphatic heterocycles. The van der Waals surface area contributed by atoms with Crippen LogP contribution in [0.1, 0.15) is 122 Å². The Morgan fingerprint density at radius 2 is 0.875 bits per heavy atom. The SMILES string of the molecule is CCCCCCCCCCCCCCCCCCCCOP(O)Br. The van der Waals surface area contributed by atoms with Crippen LogP contribution in [0.2, 0.25) is 0 Å². The topological polar surface area (TPSA) is 29.5 Å². The minimum absolute atomic E-state index is 0.687.